The summed E-state index contributed by atoms with van der Waals surface area (Å²) in [6, 6.07) is 89.4. The van der Waals surface area contributed by atoms with E-state index in [1.165, 1.54) is 59.8 Å². The van der Waals surface area contributed by atoms with Gasteiger partial charge in [0, 0.05) is 96.7 Å². The lowest BCUT2D eigenvalue weighted by Gasteiger charge is -2.33. The first-order valence-electron chi connectivity index (χ1n) is 32.3. The van der Waals surface area contributed by atoms with Crippen molar-refractivity contribution in [1.82, 2.24) is 14.1 Å². The van der Waals surface area contributed by atoms with Crippen molar-refractivity contribution in [1.29, 1.82) is 0 Å². The summed E-state index contributed by atoms with van der Waals surface area (Å²) in [4.78, 5) is 10.0. The van der Waals surface area contributed by atoms with Crippen molar-refractivity contribution in [2.24, 2.45) is 11.8 Å². The molecule has 0 aliphatic heterocycles. The van der Waals surface area contributed by atoms with E-state index in [1.807, 2.05) is 12.4 Å². The van der Waals surface area contributed by atoms with E-state index < -0.39 is 0 Å². The highest BCUT2D eigenvalue weighted by Crippen LogP contribution is 2.46. The molecule has 0 saturated carbocycles. The number of benzene rings is 11. The summed E-state index contributed by atoms with van der Waals surface area (Å²) in [5, 5.41) is 12.8. The molecule has 0 amide bonds. The topological polar surface area (TPSA) is 29.2 Å². The molecule has 0 saturated heterocycles. The van der Waals surface area contributed by atoms with Gasteiger partial charge in [-0.15, -0.1) is 0 Å². The number of pyridine rings is 1. The fourth-order valence-corrected chi connectivity index (χ4v) is 14.6. The smallest absolute Gasteiger partial charge is 0.0541 e. The van der Waals surface area contributed by atoms with Crippen molar-refractivity contribution < 1.29 is 0 Å². The number of allylic oxidation sites excluding steroid dienone is 13. The molecular formula is C88H65N5. The van der Waals surface area contributed by atoms with E-state index >= 15 is 0 Å². The number of hydrogen-bond acceptors (Lipinski definition) is 3. The van der Waals surface area contributed by atoms with Crippen LogP contribution in [0.15, 0.2) is 328 Å². The lowest BCUT2D eigenvalue weighted by molar-refractivity contribution is 0.652. The summed E-state index contributed by atoms with van der Waals surface area (Å²) in [5.74, 6) is 0.540. The SMILES string of the molecule is C=c1/c(=C\C=C/C)n(-c2cc(-c3cncc(C4=CC=C(c5cc(N(C6=CC7C=CC=CC7C=C6)c6ccc7ccccc7c6)cc(N(c6ccc7ccccc7c6)c6ccc7ccccc7c6)c5)CC4)c3)cc(-n3c4ccccc4c4ccccc43)c2)c2ccccc12. The summed E-state index contributed by atoms with van der Waals surface area (Å²) in [6.45, 7) is 6.73. The van der Waals surface area contributed by atoms with Gasteiger partial charge in [0.15, 0.2) is 0 Å². The molecule has 0 fully saturated rings. The predicted octanol–water partition coefficient (Wildman–Crippen LogP) is 21.7. The minimum atomic E-state index is 0.234. The van der Waals surface area contributed by atoms with Gasteiger partial charge >= 0.3 is 0 Å². The molecule has 5 nitrogen and oxygen atoms in total. The van der Waals surface area contributed by atoms with E-state index in [9.17, 15) is 0 Å². The van der Waals surface area contributed by atoms with Gasteiger partial charge in [-0.05, 0) is 189 Å². The maximum Gasteiger partial charge on any atom is 0.0541 e. The maximum absolute atomic E-state index is 5.06. The number of fused-ring (bicyclic) bond motifs is 8. The lowest BCUT2D eigenvalue weighted by atomic mass is 9.84. The van der Waals surface area contributed by atoms with Crippen LogP contribution in [0.25, 0.3) is 111 Å². The van der Waals surface area contributed by atoms with Crippen molar-refractivity contribution in [2.45, 2.75) is 19.8 Å². The molecule has 442 valence electrons. The molecule has 0 spiro atoms. The third-order valence-corrected chi connectivity index (χ3v) is 19.2. The fourth-order valence-electron chi connectivity index (χ4n) is 14.6. The van der Waals surface area contributed by atoms with Crippen LogP contribution in [0.5, 0.6) is 0 Å². The van der Waals surface area contributed by atoms with Crippen LogP contribution in [0.1, 0.15) is 30.9 Å². The first-order chi connectivity index (χ1) is 45.9. The largest absolute Gasteiger partial charge is 0.311 e. The van der Waals surface area contributed by atoms with Gasteiger partial charge in [0.25, 0.3) is 0 Å². The molecule has 3 aliphatic rings. The molecule has 2 unspecified atom stereocenters. The van der Waals surface area contributed by atoms with Crippen molar-refractivity contribution in [2.75, 3.05) is 9.80 Å². The summed E-state index contributed by atoms with van der Waals surface area (Å²) in [7, 11) is 0. The maximum atomic E-state index is 5.06. The number of anilines is 5. The second-order valence-corrected chi connectivity index (χ2v) is 24.7. The Hall–Kier alpha value is -11.8. The monoisotopic (exact) mass is 1190 g/mol. The van der Waals surface area contributed by atoms with Crippen LogP contribution in [0.4, 0.5) is 28.4 Å². The molecule has 3 aliphatic carbocycles. The van der Waals surface area contributed by atoms with E-state index in [4.69, 9.17) is 4.98 Å². The standard InChI is InChI=1S/C88H65N5/c1-3-4-30-85-59(2)82-27-13-16-31-86(82)92(85)80-53-71(54-81(56-80)93-87-32-17-14-28-83(87)84-29-15-18-33-88(84)93)73-46-72(57-89-58-73)65-36-34-64(35-37-65)70-51-78(90(74-42-38-60-19-5-9-23-66(60)47-74)75-43-39-61-20-6-10-24-67(61)48-75)55-79(52-70)91(76-44-40-62-21-7-11-25-68(62)49-76)77-45-41-63-22-8-12-26-69(63)50-77/h3-34,36,38-58,60,66H,2,35,37H2,1H3/b4-3-,85-30+. The zero-order chi connectivity index (χ0) is 61.9. The molecule has 0 N–H and O–H groups in total. The summed E-state index contributed by atoms with van der Waals surface area (Å²) in [6.07, 6.45) is 33.0. The Kier molecular flexibility index (Phi) is 13.8. The molecule has 17 rings (SSSR count). The van der Waals surface area contributed by atoms with Gasteiger partial charge in [-0.2, -0.15) is 0 Å². The van der Waals surface area contributed by atoms with Gasteiger partial charge in [-0.3, -0.25) is 4.98 Å². The van der Waals surface area contributed by atoms with Crippen LogP contribution in [0.2, 0.25) is 0 Å². The van der Waals surface area contributed by atoms with Gasteiger partial charge < -0.3 is 18.9 Å². The minimum Gasteiger partial charge on any atom is -0.311 e. The molecule has 3 heterocycles. The zero-order valence-electron chi connectivity index (χ0n) is 51.7. The van der Waals surface area contributed by atoms with Gasteiger partial charge in [-0.1, -0.05) is 213 Å². The third kappa shape index (κ3) is 10.0. The van der Waals surface area contributed by atoms with Crippen LogP contribution in [0, 0.1) is 11.8 Å². The van der Waals surface area contributed by atoms with E-state index in [1.54, 1.807) is 0 Å². The number of nitrogens with zero attached hydrogens (tertiary/aromatic N) is 5. The second-order valence-electron chi connectivity index (χ2n) is 24.7. The Bertz CT molecular complexity index is 5590. The number of para-hydroxylation sites is 3. The highest BCUT2D eigenvalue weighted by molar-refractivity contribution is 6.09. The Labute approximate surface area is 541 Å². The molecule has 2 atom stereocenters. The number of rotatable bonds is 12. The van der Waals surface area contributed by atoms with Crippen molar-refractivity contribution in [3.8, 4) is 22.5 Å². The first-order valence-corrected chi connectivity index (χ1v) is 32.3. The summed E-state index contributed by atoms with van der Waals surface area (Å²) < 4.78 is 4.80. The minimum absolute atomic E-state index is 0.234. The molecule has 0 bridgehead atoms. The van der Waals surface area contributed by atoms with E-state index in [2.05, 4.69) is 348 Å². The first kappa shape index (κ1) is 55.3. The average Bonchev–Trinajstić information content (AvgIpc) is 1.44. The third-order valence-electron chi connectivity index (χ3n) is 19.2. The highest BCUT2D eigenvalue weighted by Gasteiger charge is 2.26. The highest BCUT2D eigenvalue weighted by atomic mass is 15.2. The number of hydrogen-bond donors (Lipinski definition) is 0. The Morgan fingerprint density at radius 1 is 0.419 bits per heavy atom. The lowest BCUT2D eigenvalue weighted by Crippen LogP contribution is -2.27. The van der Waals surface area contributed by atoms with Gasteiger partial charge in [0.05, 0.1) is 21.9 Å². The van der Waals surface area contributed by atoms with E-state index in [0.29, 0.717) is 5.92 Å². The Morgan fingerprint density at radius 2 is 0.914 bits per heavy atom. The molecule has 0 radical (unpaired) electrons. The number of aromatic nitrogens is 3. The van der Waals surface area contributed by atoms with Gasteiger partial charge in [0.1, 0.15) is 0 Å². The predicted molar refractivity (Wildman–Crippen MR) is 395 cm³/mol. The summed E-state index contributed by atoms with van der Waals surface area (Å²) >= 11 is 0. The molecule has 11 aromatic carbocycles. The van der Waals surface area contributed by atoms with Crippen molar-refractivity contribution >= 4 is 117 Å². The fraction of sp³-hybridized carbons (Fsp3) is 0.0568. The Morgan fingerprint density at radius 3 is 1.51 bits per heavy atom. The zero-order valence-corrected chi connectivity index (χ0v) is 51.7. The average molecular weight is 1190 g/mol. The van der Waals surface area contributed by atoms with Crippen molar-refractivity contribution in [3.05, 3.63) is 349 Å². The van der Waals surface area contributed by atoms with Crippen LogP contribution in [-0.4, -0.2) is 14.1 Å². The molecule has 3 aromatic heterocycles. The van der Waals surface area contributed by atoms with E-state index in [-0.39, 0.29) is 5.92 Å². The quantitative estimate of drug-likeness (QED) is 0.122. The van der Waals surface area contributed by atoms with E-state index in [0.717, 1.165) is 108 Å². The van der Waals surface area contributed by atoms with Gasteiger partial charge in [-0.25, -0.2) is 0 Å². The van der Waals surface area contributed by atoms with Crippen LogP contribution in [0.3, 0.4) is 0 Å². The summed E-state index contributed by atoms with van der Waals surface area (Å²) in [5.41, 5.74) is 19.0. The second kappa shape index (κ2) is 23.2. The molecule has 93 heavy (non-hydrogen) atoms. The Balaban J connectivity index is 0.830. The van der Waals surface area contributed by atoms with Crippen LogP contribution < -0.4 is 20.4 Å². The van der Waals surface area contributed by atoms with Gasteiger partial charge in [0.2, 0.25) is 0 Å². The van der Waals surface area contributed by atoms with Crippen molar-refractivity contribution in [3.63, 3.8) is 0 Å². The molecule has 5 heteroatoms. The normalized spacial score (nSPS) is 15.6. The van der Waals surface area contributed by atoms with Crippen LogP contribution >= 0.6 is 0 Å². The molecular weight excluding hydrogens is 1130 g/mol. The van der Waals surface area contributed by atoms with Crippen LogP contribution in [-0.2, 0) is 0 Å². The molecule has 14 aromatic rings.